The molecule has 0 saturated carbocycles. The van der Waals surface area contributed by atoms with E-state index in [2.05, 4.69) is 9.71 Å². The van der Waals surface area contributed by atoms with Crippen LogP contribution in [0.25, 0.3) is 0 Å². The molecular formula is C9H15N3O2S2. The smallest absolute Gasteiger partial charge is 0.242 e. The lowest BCUT2D eigenvalue weighted by atomic mass is 10.5. The number of pyridine rings is 1. The number of hydrogen-bond donors (Lipinski definition) is 2. The Morgan fingerprint density at radius 2 is 2.25 bits per heavy atom. The molecule has 0 aliphatic heterocycles. The second-order valence-corrected chi connectivity index (χ2v) is 5.92. The van der Waals surface area contributed by atoms with E-state index >= 15 is 0 Å². The van der Waals surface area contributed by atoms with Crippen molar-refractivity contribution in [2.24, 2.45) is 0 Å². The van der Waals surface area contributed by atoms with Crippen LogP contribution in [0.1, 0.15) is 6.42 Å². The molecule has 0 unspecified atom stereocenters. The highest BCUT2D eigenvalue weighted by Crippen LogP contribution is 2.08. The van der Waals surface area contributed by atoms with Crippen LogP contribution in [0.15, 0.2) is 23.2 Å². The van der Waals surface area contributed by atoms with Crippen molar-refractivity contribution in [3.05, 3.63) is 18.3 Å². The highest BCUT2D eigenvalue weighted by atomic mass is 32.2. The van der Waals surface area contributed by atoms with Crippen LogP contribution in [-0.4, -0.2) is 32.0 Å². The topological polar surface area (TPSA) is 85.1 Å². The minimum Gasteiger partial charge on any atom is -0.384 e. The van der Waals surface area contributed by atoms with Gasteiger partial charge in [0.25, 0.3) is 0 Å². The third kappa shape index (κ3) is 3.99. The summed E-state index contributed by atoms with van der Waals surface area (Å²) in [6.07, 6.45) is 4.05. The van der Waals surface area contributed by atoms with Crippen LogP contribution < -0.4 is 10.5 Å². The van der Waals surface area contributed by atoms with Gasteiger partial charge < -0.3 is 5.73 Å². The Morgan fingerprint density at radius 1 is 1.50 bits per heavy atom. The van der Waals surface area contributed by atoms with Crippen molar-refractivity contribution < 1.29 is 8.42 Å². The molecule has 3 N–H and O–H groups in total. The molecule has 16 heavy (non-hydrogen) atoms. The number of anilines is 1. The van der Waals surface area contributed by atoms with Gasteiger partial charge in [0.2, 0.25) is 10.0 Å². The maximum Gasteiger partial charge on any atom is 0.242 e. The molecule has 0 radical (unpaired) electrons. The van der Waals surface area contributed by atoms with Crippen molar-refractivity contribution in [3.63, 3.8) is 0 Å². The van der Waals surface area contributed by atoms with Gasteiger partial charge in [-0.25, -0.2) is 18.1 Å². The van der Waals surface area contributed by atoms with E-state index in [4.69, 9.17) is 5.73 Å². The van der Waals surface area contributed by atoms with E-state index in [-0.39, 0.29) is 4.90 Å². The molecular weight excluding hydrogens is 246 g/mol. The summed E-state index contributed by atoms with van der Waals surface area (Å²) in [5.41, 5.74) is 5.38. The summed E-state index contributed by atoms with van der Waals surface area (Å²) in [5.74, 6) is 1.24. The van der Waals surface area contributed by atoms with E-state index in [0.717, 1.165) is 12.2 Å². The minimum atomic E-state index is -3.43. The highest BCUT2D eigenvalue weighted by Gasteiger charge is 2.12. The number of nitrogen functional groups attached to an aromatic ring is 1. The Balaban J connectivity index is 2.60. The van der Waals surface area contributed by atoms with Crippen LogP contribution in [0, 0.1) is 0 Å². The number of nitrogens with zero attached hydrogens (tertiary/aromatic N) is 1. The van der Waals surface area contributed by atoms with Crippen molar-refractivity contribution in [3.8, 4) is 0 Å². The molecule has 0 fully saturated rings. The number of nitrogens with two attached hydrogens (primary N) is 1. The normalized spacial score (nSPS) is 11.6. The van der Waals surface area contributed by atoms with Crippen molar-refractivity contribution in [1.82, 2.24) is 9.71 Å². The van der Waals surface area contributed by atoms with Gasteiger partial charge in [-0.15, -0.1) is 0 Å². The van der Waals surface area contributed by atoms with Crippen LogP contribution in [0.3, 0.4) is 0 Å². The lowest BCUT2D eigenvalue weighted by molar-refractivity contribution is 0.580. The van der Waals surface area contributed by atoms with Gasteiger partial charge in [0.05, 0.1) is 0 Å². The summed E-state index contributed by atoms with van der Waals surface area (Å²) in [5, 5.41) is 0. The van der Waals surface area contributed by atoms with E-state index in [0.29, 0.717) is 12.4 Å². The predicted octanol–water partition coefficient (Wildman–Crippen LogP) is 0.695. The Bertz CT molecular complexity index is 417. The standard InChI is InChI=1S/C9H15N3O2S2/c1-15-6-2-5-12-16(13,14)8-3-4-9(10)11-7-8/h3-4,7,12H,2,5-6H2,1H3,(H2,10,11). The molecule has 0 aliphatic carbocycles. The molecule has 0 saturated heterocycles. The zero-order valence-corrected chi connectivity index (χ0v) is 10.6. The predicted molar refractivity (Wildman–Crippen MR) is 66.8 cm³/mol. The lowest BCUT2D eigenvalue weighted by Crippen LogP contribution is -2.25. The van der Waals surface area contributed by atoms with E-state index in [1.807, 2.05) is 6.26 Å². The van der Waals surface area contributed by atoms with Gasteiger partial charge >= 0.3 is 0 Å². The van der Waals surface area contributed by atoms with Gasteiger partial charge in [0, 0.05) is 12.7 Å². The molecule has 0 aliphatic rings. The minimum absolute atomic E-state index is 0.144. The fourth-order valence-electron chi connectivity index (χ4n) is 1.06. The summed E-state index contributed by atoms with van der Waals surface area (Å²) in [4.78, 5) is 3.89. The number of hydrogen-bond acceptors (Lipinski definition) is 5. The van der Waals surface area contributed by atoms with Crippen LogP contribution in [0.4, 0.5) is 5.82 Å². The van der Waals surface area contributed by atoms with E-state index in [9.17, 15) is 8.42 Å². The third-order valence-corrected chi connectivity index (χ3v) is 4.03. The molecule has 1 heterocycles. The zero-order valence-electron chi connectivity index (χ0n) is 9.01. The molecule has 0 atom stereocenters. The number of rotatable bonds is 6. The monoisotopic (exact) mass is 261 g/mol. The maximum absolute atomic E-state index is 11.7. The third-order valence-electron chi connectivity index (χ3n) is 1.89. The van der Waals surface area contributed by atoms with Gasteiger partial charge in [-0.2, -0.15) is 11.8 Å². The van der Waals surface area contributed by atoms with Crippen molar-refractivity contribution in [2.75, 3.05) is 24.3 Å². The van der Waals surface area contributed by atoms with Gasteiger partial charge in [-0.1, -0.05) is 0 Å². The van der Waals surface area contributed by atoms with E-state index in [1.54, 1.807) is 11.8 Å². The highest BCUT2D eigenvalue weighted by molar-refractivity contribution is 7.98. The summed E-state index contributed by atoms with van der Waals surface area (Å²) in [7, 11) is -3.43. The van der Waals surface area contributed by atoms with Crippen molar-refractivity contribution in [2.45, 2.75) is 11.3 Å². The Labute approximate surface area is 99.9 Å². The second kappa shape index (κ2) is 6.07. The average molecular weight is 261 g/mol. The molecule has 1 aromatic heterocycles. The number of thioether (sulfide) groups is 1. The first kappa shape index (κ1) is 13.3. The Hall–Kier alpha value is -0.790. The van der Waals surface area contributed by atoms with Crippen molar-refractivity contribution >= 4 is 27.6 Å². The molecule has 0 aromatic carbocycles. The molecule has 0 amide bonds. The summed E-state index contributed by atoms with van der Waals surface area (Å²) >= 11 is 1.69. The van der Waals surface area contributed by atoms with Crippen molar-refractivity contribution in [1.29, 1.82) is 0 Å². The molecule has 90 valence electrons. The number of sulfonamides is 1. The van der Waals surface area contributed by atoms with Gasteiger partial charge in [0.1, 0.15) is 10.7 Å². The van der Waals surface area contributed by atoms with Crippen LogP contribution in [0.5, 0.6) is 0 Å². The van der Waals surface area contributed by atoms with E-state index in [1.165, 1.54) is 18.3 Å². The SMILES string of the molecule is CSCCCNS(=O)(=O)c1ccc(N)nc1. The van der Waals surface area contributed by atoms with Gasteiger partial charge in [0.15, 0.2) is 0 Å². The fraction of sp³-hybridized carbons (Fsp3) is 0.444. The Kier molecular flexibility index (Phi) is 5.04. The largest absolute Gasteiger partial charge is 0.384 e. The maximum atomic E-state index is 11.7. The molecule has 5 nitrogen and oxygen atoms in total. The van der Waals surface area contributed by atoms with Gasteiger partial charge in [-0.05, 0) is 30.6 Å². The van der Waals surface area contributed by atoms with Crippen LogP contribution in [0.2, 0.25) is 0 Å². The molecule has 0 spiro atoms. The summed E-state index contributed by atoms with van der Waals surface area (Å²) < 4.78 is 25.9. The molecule has 0 bridgehead atoms. The zero-order chi connectivity index (χ0) is 12.0. The second-order valence-electron chi connectivity index (χ2n) is 3.16. The summed E-state index contributed by atoms with van der Waals surface area (Å²) in [6, 6.07) is 2.91. The first-order chi connectivity index (χ1) is 7.56. The first-order valence-electron chi connectivity index (χ1n) is 4.76. The summed E-state index contributed by atoms with van der Waals surface area (Å²) in [6.45, 7) is 0.438. The Morgan fingerprint density at radius 3 is 2.81 bits per heavy atom. The molecule has 7 heteroatoms. The number of aromatic nitrogens is 1. The number of nitrogens with one attached hydrogen (secondary N) is 1. The fourth-order valence-corrected chi connectivity index (χ4v) is 2.51. The molecule has 1 aromatic rings. The van der Waals surface area contributed by atoms with Crippen LogP contribution in [-0.2, 0) is 10.0 Å². The first-order valence-corrected chi connectivity index (χ1v) is 7.64. The van der Waals surface area contributed by atoms with E-state index < -0.39 is 10.0 Å². The average Bonchev–Trinajstić information content (AvgIpc) is 2.25. The van der Waals surface area contributed by atoms with Crippen LogP contribution >= 0.6 is 11.8 Å². The molecule has 1 rings (SSSR count). The van der Waals surface area contributed by atoms with Gasteiger partial charge in [-0.3, -0.25) is 0 Å². The lowest BCUT2D eigenvalue weighted by Gasteiger charge is -2.05. The quantitative estimate of drug-likeness (QED) is 0.736.